The second-order valence-electron chi connectivity index (χ2n) is 5.90. The van der Waals surface area contributed by atoms with Crippen LogP contribution in [0.25, 0.3) is 0 Å². The molecule has 1 N–H and O–H groups in total. The molecule has 0 aliphatic heterocycles. The van der Waals surface area contributed by atoms with Crippen LogP contribution in [0.4, 0.5) is 4.39 Å². The second kappa shape index (κ2) is 7.20. The lowest BCUT2D eigenvalue weighted by atomic mass is 9.81. The summed E-state index contributed by atoms with van der Waals surface area (Å²) in [6.07, 6.45) is 5.64. The molecule has 2 rings (SSSR count). The highest BCUT2D eigenvalue weighted by Gasteiger charge is 2.21. The smallest absolute Gasteiger partial charge is 0.211 e. The minimum Gasteiger partial charge on any atom is -0.211 e. The Hall–Kier alpha value is -0.460. The number of halogens is 2. The van der Waals surface area contributed by atoms with Crippen LogP contribution in [-0.2, 0) is 10.0 Å². The molecule has 21 heavy (non-hydrogen) atoms. The molecule has 0 radical (unpaired) electrons. The Morgan fingerprint density at radius 3 is 2.81 bits per heavy atom. The van der Waals surface area contributed by atoms with Crippen LogP contribution in [-0.4, -0.2) is 15.0 Å². The first-order valence-electron chi connectivity index (χ1n) is 7.33. The molecule has 118 valence electrons. The highest BCUT2D eigenvalue weighted by molar-refractivity contribution is 9.10. The van der Waals surface area contributed by atoms with Crippen molar-refractivity contribution >= 4 is 26.0 Å². The van der Waals surface area contributed by atoms with E-state index < -0.39 is 15.8 Å². The predicted molar refractivity (Wildman–Crippen MR) is 85.0 cm³/mol. The highest BCUT2D eigenvalue weighted by atomic mass is 79.9. The molecule has 1 aromatic carbocycles. The predicted octanol–water partition coefficient (Wildman–Crippen LogP) is 4.08. The second-order valence-corrected chi connectivity index (χ2v) is 8.55. The molecular weight excluding hydrogens is 357 g/mol. The summed E-state index contributed by atoms with van der Waals surface area (Å²) >= 11 is 3.12. The van der Waals surface area contributed by atoms with E-state index in [1.165, 1.54) is 31.4 Å². The summed E-state index contributed by atoms with van der Waals surface area (Å²) in [7, 11) is -3.77. The van der Waals surface area contributed by atoms with Gasteiger partial charge in [-0.1, -0.05) is 42.1 Å². The van der Waals surface area contributed by atoms with Gasteiger partial charge in [0.25, 0.3) is 0 Å². The van der Waals surface area contributed by atoms with E-state index in [0.29, 0.717) is 16.9 Å². The van der Waals surface area contributed by atoms with E-state index >= 15 is 0 Å². The lowest BCUT2D eigenvalue weighted by Crippen LogP contribution is -2.28. The third-order valence-electron chi connectivity index (χ3n) is 4.07. The van der Waals surface area contributed by atoms with Gasteiger partial charge in [-0.3, -0.25) is 0 Å². The standard InChI is InChI=1S/C15H21BrFNO2S/c1-11-3-2-4-12(9-11)7-8-18-21(19,20)15-6-5-13(16)10-14(15)17/h5-6,10-12,18H,2-4,7-9H2,1H3. The van der Waals surface area contributed by atoms with Crippen molar-refractivity contribution in [3.05, 3.63) is 28.5 Å². The zero-order valence-corrected chi connectivity index (χ0v) is 14.5. The highest BCUT2D eigenvalue weighted by Crippen LogP contribution is 2.30. The average molecular weight is 378 g/mol. The average Bonchev–Trinajstić information content (AvgIpc) is 2.38. The van der Waals surface area contributed by atoms with E-state index in [1.54, 1.807) is 0 Å². The number of benzene rings is 1. The third kappa shape index (κ3) is 4.76. The zero-order valence-electron chi connectivity index (χ0n) is 12.1. The molecule has 2 unspecified atom stereocenters. The van der Waals surface area contributed by atoms with Crippen LogP contribution in [0.5, 0.6) is 0 Å². The van der Waals surface area contributed by atoms with Gasteiger partial charge in [0.1, 0.15) is 10.7 Å². The van der Waals surface area contributed by atoms with Crippen LogP contribution in [0.15, 0.2) is 27.6 Å². The molecule has 1 aliphatic carbocycles. The van der Waals surface area contributed by atoms with Gasteiger partial charge in [-0.25, -0.2) is 17.5 Å². The molecule has 0 spiro atoms. The summed E-state index contributed by atoms with van der Waals surface area (Å²) in [6.45, 7) is 2.61. The van der Waals surface area contributed by atoms with Crippen molar-refractivity contribution in [2.75, 3.05) is 6.54 Å². The van der Waals surface area contributed by atoms with Gasteiger partial charge in [-0.2, -0.15) is 0 Å². The minimum atomic E-state index is -3.77. The summed E-state index contributed by atoms with van der Waals surface area (Å²) in [4.78, 5) is -0.289. The van der Waals surface area contributed by atoms with Crippen LogP contribution in [0.3, 0.4) is 0 Å². The van der Waals surface area contributed by atoms with Crippen molar-refractivity contribution < 1.29 is 12.8 Å². The molecule has 0 aromatic heterocycles. The van der Waals surface area contributed by atoms with Crippen LogP contribution >= 0.6 is 15.9 Å². The molecule has 1 saturated carbocycles. The third-order valence-corrected chi connectivity index (χ3v) is 6.06. The van der Waals surface area contributed by atoms with Gasteiger partial charge in [-0.15, -0.1) is 0 Å². The Kier molecular flexibility index (Phi) is 5.80. The van der Waals surface area contributed by atoms with Crippen molar-refractivity contribution in [1.29, 1.82) is 0 Å². The molecular formula is C15H21BrFNO2S. The fraction of sp³-hybridized carbons (Fsp3) is 0.600. The lowest BCUT2D eigenvalue weighted by molar-refractivity contribution is 0.271. The van der Waals surface area contributed by atoms with Gasteiger partial charge in [0, 0.05) is 11.0 Å². The maximum atomic E-state index is 13.7. The van der Waals surface area contributed by atoms with Crippen molar-refractivity contribution in [2.24, 2.45) is 11.8 Å². The van der Waals surface area contributed by atoms with Gasteiger partial charge >= 0.3 is 0 Å². The Labute approximate surface area is 134 Å². The summed E-state index contributed by atoms with van der Waals surface area (Å²) in [5, 5.41) is 0. The van der Waals surface area contributed by atoms with Gasteiger partial charge < -0.3 is 0 Å². The number of sulfonamides is 1. The first kappa shape index (κ1) is 16.9. The maximum Gasteiger partial charge on any atom is 0.243 e. The fourth-order valence-corrected chi connectivity index (χ4v) is 4.43. The molecule has 0 bridgehead atoms. The van der Waals surface area contributed by atoms with Crippen molar-refractivity contribution in [1.82, 2.24) is 4.72 Å². The van der Waals surface area contributed by atoms with Crippen LogP contribution in [0, 0.1) is 17.7 Å². The number of nitrogens with one attached hydrogen (secondary N) is 1. The normalized spacial score (nSPS) is 23.2. The molecule has 0 heterocycles. The first-order chi connectivity index (χ1) is 9.88. The number of hydrogen-bond acceptors (Lipinski definition) is 2. The summed E-state index contributed by atoms with van der Waals surface area (Å²) in [5.41, 5.74) is 0. The molecule has 2 atom stereocenters. The van der Waals surface area contributed by atoms with Gasteiger partial charge in [-0.05, 0) is 42.9 Å². The van der Waals surface area contributed by atoms with E-state index in [1.807, 2.05) is 0 Å². The maximum absolute atomic E-state index is 13.7. The van der Waals surface area contributed by atoms with E-state index in [2.05, 4.69) is 27.6 Å². The molecule has 3 nitrogen and oxygen atoms in total. The summed E-state index contributed by atoms with van der Waals surface area (Å²) in [5.74, 6) is 0.568. The van der Waals surface area contributed by atoms with Gasteiger partial charge in [0.15, 0.2) is 0 Å². The molecule has 6 heteroatoms. The minimum absolute atomic E-state index is 0.289. The lowest BCUT2D eigenvalue weighted by Gasteiger charge is -2.26. The Morgan fingerprint density at radius 2 is 2.14 bits per heavy atom. The molecule has 1 aliphatic rings. The van der Waals surface area contributed by atoms with Crippen LogP contribution < -0.4 is 4.72 Å². The summed E-state index contributed by atoms with van der Waals surface area (Å²) in [6, 6.07) is 3.97. The van der Waals surface area contributed by atoms with E-state index in [9.17, 15) is 12.8 Å². The van der Waals surface area contributed by atoms with Crippen LogP contribution in [0.2, 0.25) is 0 Å². The van der Waals surface area contributed by atoms with Crippen molar-refractivity contribution in [2.45, 2.75) is 43.9 Å². The molecule has 1 aromatic rings. The largest absolute Gasteiger partial charge is 0.243 e. The Balaban J connectivity index is 1.92. The zero-order chi connectivity index (χ0) is 15.5. The van der Waals surface area contributed by atoms with E-state index in [-0.39, 0.29) is 4.90 Å². The molecule has 1 fully saturated rings. The quantitative estimate of drug-likeness (QED) is 0.839. The number of rotatable bonds is 5. The SMILES string of the molecule is CC1CCCC(CCNS(=O)(=O)c2ccc(Br)cc2F)C1. The van der Waals surface area contributed by atoms with Crippen molar-refractivity contribution in [3.8, 4) is 0 Å². The summed E-state index contributed by atoms with van der Waals surface area (Å²) < 4.78 is 41.0. The molecule has 0 saturated heterocycles. The van der Waals surface area contributed by atoms with Gasteiger partial charge in [0.2, 0.25) is 10.0 Å². The van der Waals surface area contributed by atoms with E-state index in [4.69, 9.17) is 0 Å². The fourth-order valence-electron chi connectivity index (χ4n) is 2.99. The Bertz CT molecular complexity index is 591. The van der Waals surface area contributed by atoms with Gasteiger partial charge in [0.05, 0.1) is 0 Å². The van der Waals surface area contributed by atoms with Crippen molar-refractivity contribution in [3.63, 3.8) is 0 Å². The topological polar surface area (TPSA) is 46.2 Å². The first-order valence-corrected chi connectivity index (χ1v) is 9.61. The molecule has 0 amide bonds. The monoisotopic (exact) mass is 377 g/mol. The van der Waals surface area contributed by atoms with E-state index in [0.717, 1.165) is 24.8 Å². The number of hydrogen-bond donors (Lipinski definition) is 1. The Morgan fingerprint density at radius 1 is 1.38 bits per heavy atom. The van der Waals surface area contributed by atoms with Crippen LogP contribution in [0.1, 0.15) is 39.0 Å².